The van der Waals surface area contributed by atoms with E-state index in [2.05, 4.69) is 38.1 Å². The molecule has 0 atom stereocenters. The minimum absolute atomic E-state index is 0.350. The number of aromatic nitrogens is 2. The second kappa shape index (κ2) is 9.86. The van der Waals surface area contributed by atoms with Crippen LogP contribution in [0.3, 0.4) is 0 Å². The first-order valence-corrected chi connectivity index (χ1v) is 12.4. The van der Waals surface area contributed by atoms with E-state index in [1.807, 2.05) is 36.4 Å². The van der Waals surface area contributed by atoms with Crippen molar-refractivity contribution < 1.29 is 9.59 Å². The number of thioether (sulfide) groups is 1. The molecule has 2 aliphatic heterocycles. The lowest BCUT2D eigenvalue weighted by Gasteiger charge is -2.36. The summed E-state index contributed by atoms with van der Waals surface area (Å²) in [7, 11) is 0. The molecule has 2 fully saturated rings. The van der Waals surface area contributed by atoms with E-state index < -0.39 is 5.91 Å². The molecule has 35 heavy (non-hydrogen) atoms. The summed E-state index contributed by atoms with van der Waals surface area (Å²) >= 11 is 0.884. The van der Waals surface area contributed by atoms with Gasteiger partial charge in [-0.25, -0.2) is 9.97 Å². The maximum absolute atomic E-state index is 11.9. The number of hydrogen-bond donors (Lipinski definition) is 1. The zero-order chi connectivity index (χ0) is 24.4. The summed E-state index contributed by atoms with van der Waals surface area (Å²) in [6, 6.07) is 13.9. The zero-order valence-corrected chi connectivity index (χ0v) is 20.1. The van der Waals surface area contributed by atoms with Gasteiger partial charge in [0.2, 0.25) is 0 Å². The normalized spacial score (nSPS) is 17.7. The Hall–Kier alpha value is -3.74. The number of rotatable bonds is 5. The number of nitrogens with zero attached hydrogens (tertiary/aromatic N) is 5. The van der Waals surface area contributed by atoms with E-state index in [-0.39, 0.29) is 5.24 Å². The largest absolute Gasteiger partial charge is 0.368 e. The van der Waals surface area contributed by atoms with Crippen molar-refractivity contribution in [2.45, 2.75) is 13.3 Å². The molecule has 2 saturated heterocycles. The van der Waals surface area contributed by atoms with Gasteiger partial charge in [0.1, 0.15) is 12.4 Å². The van der Waals surface area contributed by atoms with Crippen molar-refractivity contribution in [1.29, 1.82) is 5.26 Å². The summed E-state index contributed by atoms with van der Waals surface area (Å²) in [4.78, 5) is 37.4. The van der Waals surface area contributed by atoms with Crippen LogP contribution in [-0.4, -0.2) is 58.7 Å². The van der Waals surface area contributed by atoms with Crippen LogP contribution in [0, 0.1) is 11.3 Å². The Kier molecular flexibility index (Phi) is 6.49. The summed E-state index contributed by atoms with van der Waals surface area (Å²) in [5.41, 5.74) is 4.63. The lowest BCUT2D eigenvalue weighted by Crippen LogP contribution is -2.46. The van der Waals surface area contributed by atoms with Gasteiger partial charge < -0.3 is 4.90 Å². The molecule has 3 heterocycles. The predicted octanol–water partition coefficient (Wildman–Crippen LogP) is 4.02. The minimum atomic E-state index is -0.394. The third-order valence-corrected chi connectivity index (χ3v) is 7.05. The van der Waals surface area contributed by atoms with Crippen molar-refractivity contribution in [3.05, 3.63) is 58.8 Å². The lowest BCUT2D eigenvalue weighted by molar-refractivity contribution is -0.115. The fourth-order valence-corrected chi connectivity index (χ4v) is 5.23. The molecule has 0 unspecified atom stereocenters. The van der Waals surface area contributed by atoms with Gasteiger partial charge in [-0.05, 0) is 60.6 Å². The van der Waals surface area contributed by atoms with E-state index in [1.54, 1.807) is 6.08 Å². The lowest BCUT2D eigenvalue weighted by atomic mass is 10.0. The highest BCUT2D eigenvalue weighted by Crippen LogP contribution is 2.32. The Morgan fingerprint density at radius 1 is 1.11 bits per heavy atom. The second-order valence-electron chi connectivity index (χ2n) is 8.52. The first-order valence-electron chi connectivity index (χ1n) is 11.6. The first-order chi connectivity index (χ1) is 17.1. The molecule has 0 bridgehead atoms. The fourth-order valence-electron chi connectivity index (χ4n) is 4.54. The third kappa shape index (κ3) is 4.76. The standard InChI is InChI=1S/C26H24N6O2S/c1-2-7-31-8-10-32(11-9-31)22-6-4-18(14-19(22)15-27)24-20-12-17(3-5-21(20)28-16-29-24)13-23-25(33)30-26(34)35-23/h3-6,12-14,16H,2,7-11H2,1H3,(H,30,33,34). The molecule has 0 spiro atoms. The molecule has 176 valence electrons. The van der Waals surface area contributed by atoms with Crippen LogP contribution in [0.5, 0.6) is 0 Å². The minimum Gasteiger partial charge on any atom is -0.368 e. The molecular weight excluding hydrogens is 460 g/mol. The van der Waals surface area contributed by atoms with Crippen molar-refractivity contribution >= 4 is 45.6 Å². The van der Waals surface area contributed by atoms with E-state index in [9.17, 15) is 14.9 Å². The van der Waals surface area contributed by atoms with Crippen molar-refractivity contribution in [3.63, 3.8) is 0 Å². The van der Waals surface area contributed by atoms with Crippen molar-refractivity contribution in [3.8, 4) is 17.3 Å². The average Bonchev–Trinajstić information content (AvgIpc) is 3.20. The van der Waals surface area contributed by atoms with Crippen molar-refractivity contribution in [2.24, 2.45) is 0 Å². The quantitative estimate of drug-likeness (QED) is 0.542. The summed E-state index contributed by atoms with van der Waals surface area (Å²) in [5, 5.41) is 12.6. The maximum atomic E-state index is 11.9. The van der Waals surface area contributed by atoms with E-state index in [0.29, 0.717) is 16.2 Å². The Bertz CT molecular complexity index is 1390. The van der Waals surface area contributed by atoms with Gasteiger partial charge in [-0.2, -0.15) is 5.26 Å². The summed E-state index contributed by atoms with van der Waals surface area (Å²) in [6.45, 7) is 7.10. The molecule has 9 heteroatoms. The fraction of sp³-hybridized carbons (Fsp3) is 0.269. The number of nitriles is 1. The van der Waals surface area contributed by atoms with Crippen LogP contribution >= 0.6 is 11.8 Å². The molecule has 2 amide bonds. The molecule has 8 nitrogen and oxygen atoms in total. The molecule has 1 N–H and O–H groups in total. The highest BCUT2D eigenvalue weighted by Gasteiger charge is 2.25. The van der Waals surface area contributed by atoms with Gasteiger partial charge in [0.25, 0.3) is 11.1 Å². The Labute approximate surface area is 207 Å². The molecular formula is C26H24N6O2S. The molecule has 0 saturated carbocycles. The van der Waals surface area contributed by atoms with Gasteiger partial charge in [-0.1, -0.05) is 19.1 Å². The van der Waals surface area contributed by atoms with Gasteiger partial charge in [-0.15, -0.1) is 0 Å². The highest BCUT2D eigenvalue weighted by molar-refractivity contribution is 8.18. The molecule has 0 aliphatic carbocycles. The maximum Gasteiger partial charge on any atom is 0.290 e. The average molecular weight is 485 g/mol. The Morgan fingerprint density at radius 3 is 2.66 bits per heavy atom. The summed E-state index contributed by atoms with van der Waals surface area (Å²) in [6.07, 6.45) is 4.35. The number of fused-ring (bicyclic) bond motifs is 1. The van der Waals surface area contributed by atoms with Crippen molar-refractivity contribution in [1.82, 2.24) is 20.2 Å². The molecule has 0 radical (unpaired) electrons. The second-order valence-corrected chi connectivity index (χ2v) is 9.54. The van der Waals surface area contributed by atoms with Gasteiger partial charge >= 0.3 is 0 Å². The SMILES string of the molecule is CCCN1CCN(c2ccc(-c3ncnc4ccc(C=C5SC(=O)NC5=O)cc34)cc2C#N)CC1. The molecule has 2 aromatic carbocycles. The van der Waals surface area contributed by atoms with Gasteiger partial charge in [0, 0.05) is 37.1 Å². The molecule has 2 aliphatic rings. The summed E-state index contributed by atoms with van der Waals surface area (Å²) < 4.78 is 0. The smallest absolute Gasteiger partial charge is 0.290 e. The number of imide groups is 1. The zero-order valence-electron chi connectivity index (χ0n) is 19.3. The number of hydrogen-bond acceptors (Lipinski definition) is 8. The van der Waals surface area contributed by atoms with Crippen LogP contribution in [0.15, 0.2) is 47.6 Å². The van der Waals surface area contributed by atoms with Crippen LogP contribution in [0.1, 0.15) is 24.5 Å². The molecule has 3 aromatic rings. The van der Waals surface area contributed by atoms with E-state index in [0.717, 1.165) is 78.6 Å². The number of amides is 2. The Balaban J connectivity index is 1.48. The number of nitrogens with one attached hydrogen (secondary N) is 1. The Morgan fingerprint density at radius 2 is 1.94 bits per heavy atom. The summed E-state index contributed by atoms with van der Waals surface area (Å²) in [5.74, 6) is -0.394. The van der Waals surface area contributed by atoms with Crippen LogP contribution in [0.25, 0.3) is 28.2 Å². The monoisotopic (exact) mass is 484 g/mol. The van der Waals surface area contributed by atoms with Gasteiger partial charge in [0.05, 0.1) is 27.4 Å². The number of anilines is 1. The van der Waals surface area contributed by atoms with Gasteiger partial charge in [-0.3, -0.25) is 19.8 Å². The predicted molar refractivity (Wildman–Crippen MR) is 138 cm³/mol. The number of piperazine rings is 1. The van der Waals surface area contributed by atoms with Crippen molar-refractivity contribution in [2.75, 3.05) is 37.6 Å². The van der Waals surface area contributed by atoms with E-state index in [1.165, 1.54) is 6.33 Å². The van der Waals surface area contributed by atoms with Crippen LogP contribution in [-0.2, 0) is 4.79 Å². The topological polar surface area (TPSA) is 102 Å². The highest BCUT2D eigenvalue weighted by atomic mass is 32.2. The van der Waals surface area contributed by atoms with E-state index in [4.69, 9.17) is 0 Å². The molecule has 1 aromatic heterocycles. The molecule has 5 rings (SSSR count). The first kappa shape index (κ1) is 23.0. The number of benzene rings is 2. The van der Waals surface area contributed by atoms with Crippen LogP contribution in [0.2, 0.25) is 0 Å². The number of carbonyl (C=O) groups is 2. The van der Waals surface area contributed by atoms with Gasteiger partial charge in [0.15, 0.2) is 0 Å². The van der Waals surface area contributed by atoms with E-state index >= 15 is 0 Å². The van der Waals surface area contributed by atoms with Crippen LogP contribution in [0.4, 0.5) is 10.5 Å². The van der Waals surface area contributed by atoms with Crippen LogP contribution < -0.4 is 10.2 Å². The number of carbonyl (C=O) groups excluding carboxylic acids is 2. The third-order valence-electron chi connectivity index (χ3n) is 6.24.